The summed E-state index contributed by atoms with van der Waals surface area (Å²) in [5, 5.41) is 0. The van der Waals surface area contributed by atoms with Gasteiger partial charge in [-0.25, -0.2) is 0 Å². The Hall–Kier alpha value is -0.130. The zero-order chi connectivity index (χ0) is 10.7. The normalized spacial score (nSPS) is 22.1. The van der Waals surface area contributed by atoms with E-state index in [9.17, 15) is 4.79 Å². The van der Waals surface area contributed by atoms with E-state index in [2.05, 4.69) is 13.8 Å². The van der Waals surface area contributed by atoms with Gasteiger partial charge in [0.2, 0.25) is 0 Å². The minimum absolute atomic E-state index is 0.0267. The maximum Gasteiger partial charge on any atom is 0.254 e. The van der Waals surface area contributed by atoms with Gasteiger partial charge in [-0.2, -0.15) is 0 Å². The van der Waals surface area contributed by atoms with Crippen molar-refractivity contribution in [2.24, 2.45) is 5.92 Å². The molecule has 1 atom stereocenters. The van der Waals surface area contributed by atoms with E-state index < -0.39 is 0 Å². The summed E-state index contributed by atoms with van der Waals surface area (Å²) in [6.45, 7) is 4.32. The lowest BCUT2D eigenvalue weighted by Gasteiger charge is -2.26. The van der Waals surface area contributed by atoms with Crippen molar-refractivity contribution in [3.63, 3.8) is 0 Å². The Morgan fingerprint density at radius 3 is 2.93 bits per heavy atom. The Morgan fingerprint density at radius 1 is 1.79 bits per heavy atom. The molecule has 1 heterocycles. The molecule has 0 radical (unpaired) electrons. The molecule has 1 fully saturated rings. The summed E-state index contributed by atoms with van der Waals surface area (Å²) < 4.78 is 5.52. The van der Waals surface area contributed by atoms with Gasteiger partial charge in [-0.3, -0.25) is 9.69 Å². The van der Waals surface area contributed by atoms with Crippen LogP contribution >= 0.6 is 24.0 Å². The Morgan fingerprint density at radius 2 is 2.43 bits per heavy atom. The van der Waals surface area contributed by atoms with Crippen LogP contribution in [0.2, 0.25) is 0 Å². The van der Waals surface area contributed by atoms with Gasteiger partial charge in [0.1, 0.15) is 10.9 Å². The molecule has 1 amide bonds. The minimum Gasteiger partial charge on any atom is -0.375 e. The molecule has 0 aromatic rings. The molecule has 0 spiro atoms. The van der Waals surface area contributed by atoms with Crippen LogP contribution in [0.3, 0.4) is 0 Å². The average molecular weight is 233 g/mol. The highest BCUT2D eigenvalue weighted by Crippen LogP contribution is 2.28. The van der Waals surface area contributed by atoms with Crippen LogP contribution in [0.15, 0.2) is 0 Å². The predicted molar refractivity (Wildman–Crippen MR) is 62.4 cm³/mol. The van der Waals surface area contributed by atoms with Gasteiger partial charge in [0.25, 0.3) is 5.91 Å². The second kappa shape index (κ2) is 5.09. The number of carbonyl (C=O) groups is 1. The zero-order valence-corrected chi connectivity index (χ0v) is 10.3. The van der Waals surface area contributed by atoms with Gasteiger partial charge < -0.3 is 4.74 Å². The number of ether oxygens (including phenoxy) is 1. The second-order valence-corrected chi connectivity index (χ2v) is 5.24. The fourth-order valence-electron chi connectivity index (χ4n) is 1.41. The summed E-state index contributed by atoms with van der Waals surface area (Å²) in [5.74, 6) is 1.32. The smallest absolute Gasteiger partial charge is 0.254 e. The van der Waals surface area contributed by atoms with Gasteiger partial charge in [-0.15, -0.1) is 0 Å². The van der Waals surface area contributed by atoms with Gasteiger partial charge in [0.15, 0.2) is 0 Å². The first kappa shape index (κ1) is 11.9. The molecule has 1 saturated heterocycles. The molecule has 3 nitrogen and oxygen atoms in total. The van der Waals surface area contributed by atoms with E-state index >= 15 is 0 Å². The third-order valence-electron chi connectivity index (χ3n) is 2.21. The molecule has 1 aliphatic heterocycles. The zero-order valence-electron chi connectivity index (χ0n) is 8.65. The number of amides is 1. The second-order valence-electron chi connectivity index (χ2n) is 3.59. The standard InChI is InChI=1S/C9H15NO2S2/c1-6(2)7-5-14-9(13)10(7)8(11)4-12-3/h6-7H,4-5H2,1-3H3. The van der Waals surface area contributed by atoms with Crippen molar-refractivity contribution in [1.29, 1.82) is 0 Å². The highest BCUT2D eigenvalue weighted by atomic mass is 32.2. The van der Waals surface area contributed by atoms with Crippen molar-refractivity contribution >= 4 is 34.2 Å². The molecule has 0 aliphatic carbocycles. The number of carbonyl (C=O) groups excluding carboxylic acids is 1. The molecule has 80 valence electrons. The number of methoxy groups -OCH3 is 1. The molecule has 0 bridgehead atoms. The van der Waals surface area contributed by atoms with Crippen LogP contribution in [0.4, 0.5) is 0 Å². The maximum atomic E-state index is 11.7. The van der Waals surface area contributed by atoms with Crippen LogP contribution in [-0.2, 0) is 9.53 Å². The van der Waals surface area contributed by atoms with E-state index in [-0.39, 0.29) is 18.6 Å². The SMILES string of the molecule is COCC(=O)N1C(=S)SCC1C(C)C. The largest absolute Gasteiger partial charge is 0.375 e. The van der Waals surface area contributed by atoms with Crippen molar-refractivity contribution in [3.05, 3.63) is 0 Å². The van der Waals surface area contributed by atoms with E-state index in [0.29, 0.717) is 10.2 Å². The minimum atomic E-state index is -0.0267. The van der Waals surface area contributed by atoms with Gasteiger partial charge in [-0.1, -0.05) is 37.8 Å². The van der Waals surface area contributed by atoms with E-state index in [1.165, 1.54) is 7.11 Å². The summed E-state index contributed by atoms with van der Waals surface area (Å²) >= 11 is 6.72. The number of nitrogens with zero attached hydrogens (tertiary/aromatic N) is 1. The molecule has 0 aromatic carbocycles. The first-order valence-corrected chi connectivity index (χ1v) is 5.95. The Kier molecular flexibility index (Phi) is 4.34. The van der Waals surface area contributed by atoms with Gasteiger partial charge in [-0.05, 0) is 5.92 Å². The molecular weight excluding hydrogens is 218 g/mol. The Balaban J connectivity index is 2.71. The molecule has 5 heteroatoms. The van der Waals surface area contributed by atoms with Crippen molar-refractivity contribution in [3.8, 4) is 0 Å². The first-order chi connectivity index (χ1) is 6.57. The third-order valence-corrected chi connectivity index (χ3v) is 3.71. The topological polar surface area (TPSA) is 29.5 Å². The van der Waals surface area contributed by atoms with Crippen molar-refractivity contribution in [1.82, 2.24) is 4.90 Å². The molecule has 14 heavy (non-hydrogen) atoms. The summed E-state index contributed by atoms with van der Waals surface area (Å²) in [7, 11) is 1.52. The van der Waals surface area contributed by atoms with Crippen molar-refractivity contribution in [2.45, 2.75) is 19.9 Å². The number of thioether (sulfide) groups is 1. The number of hydrogen-bond acceptors (Lipinski definition) is 4. The fraction of sp³-hybridized carbons (Fsp3) is 0.778. The van der Waals surface area contributed by atoms with Gasteiger partial charge in [0.05, 0.1) is 6.04 Å². The summed E-state index contributed by atoms with van der Waals surface area (Å²) in [4.78, 5) is 13.4. The van der Waals surface area contributed by atoms with Crippen LogP contribution in [0.1, 0.15) is 13.8 Å². The van der Waals surface area contributed by atoms with Crippen LogP contribution in [0.5, 0.6) is 0 Å². The highest BCUT2D eigenvalue weighted by molar-refractivity contribution is 8.23. The number of thiocarbonyl (C=S) groups is 1. The molecule has 0 saturated carbocycles. The predicted octanol–water partition coefficient (Wildman–Crippen LogP) is 1.52. The van der Waals surface area contributed by atoms with Crippen molar-refractivity contribution < 1.29 is 9.53 Å². The number of hydrogen-bond donors (Lipinski definition) is 0. The number of rotatable bonds is 3. The molecule has 1 aliphatic rings. The Bertz CT molecular complexity index is 243. The van der Waals surface area contributed by atoms with Gasteiger partial charge in [0, 0.05) is 12.9 Å². The molecule has 0 aromatic heterocycles. The first-order valence-electron chi connectivity index (χ1n) is 4.55. The average Bonchev–Trinajstić information content (AvgIpc) is 2.47. The third kappa shape index (κ3) is 2.46. The monoisotopic (exact) mass is 233 g/mol. The molecular formula is C9H15NO2S2. The maximum absolute atomic E-state index is 11.7. The van der Waals surface area contributed by atoms with Crippen LogP contribution in [0, 0.1) is 5.92 Å². The molecule has 1 unspecified atom stereocenters. The Labute approximate surface area is 94.2 Å². The van der Waals surface area contributed by atoms with E-state index in [0.717, 1.165) is 5.75 Å². The summed E-state index contributed by atoms with van der Waals surface area (Å²) in [6.07, 6.45) is 0. The van der Waals surface area contributed by atoms with E-state index in [4.69, 9.17) is 17.0 Å². The van der Waals surface area contributed by atoms with Gasteiger partial charge >= 0.3 is 0 Å². The quantitative estimate of drug-likeness (QED) is 0.691. The van der Waals surface area contributed by atoms with Crippen LogP contribution in [-0.4, -0.2) is 40.6 Å². The lowest BCUT2D eigenvalue weighted by atomic mass is 10.1. The van der Waals surface area contributed by atoms with Crippen molar-refractivity contribution in [2.75, 3.05) is 19.5 Å². The molecule has 0 N–H and O–H groups in total. The fourth-order valence-corrected chi connectivity index (χ4v) is 3.07. The lowest BCUT2D eigenvalue weighted by Crippen LogP contribution is -2.43. The summed E-state index contributed by atoms with van der Waals surface area (Å²) in [6, 6.07) is 0.232. The highest BCUT2D eigenvalue weighted by Gasteiger charge is 2.35. The lowest BCUT2D eigenvalue weighted by molar-refractivity contribution is -0.132. The van der Waals surface area contributed by atoms with E-state index in [1.807, 2.05) is 0 Å². The van der Waals surface area contributed by atoms with Crippen LogP contribution in [0.25, 0.3) is 0 Å². The summed E-state index contributed by atoms with van der Waals surface area (Å²) in [5.41, 5.74) is 0. The van der Waals surface area contributed by atoms with E-state index in [1.54, 1.807) is 16.7 Å². The van der Waals surface area contributed by atoms with Crippen LogP contribution < -0.4 is 0 Å². The molecule has 1 rings (SSSR count).